The first-order valence-electron chi connectivity index (χ1n) is 9.90. The van der Waals surface area contributed by atoms with Gasteiger partial charge in [-0.3, -0.25) is 4.79 Å². The second-order valence-electron chi connectivity index (χ2n) is 7.79. The van der Waals surface area contributed by atoms with E-state index in [1.807, 2.05) is 30.3 Å². The smallest absolute Gasteiger partial charge is 0.323 e. The number of carbonyl (C=O) groups is 1. The van der Waals surface area contributed by atoms with Crippen LogP contribution in [-0.4, -0.2) is 61.7 Å². The molecule has 6 N–H and O–H groups in total. The fourth-order valence-corrected chi connectivity index (χ4v) is 3.88. The fourth-order valence-electron chi connectivity index (χ4n) is 3.88. The van der Waals surface area contributed by atoms with Crippen LogP contribution in [0.3, 0.4) is 0 Å². The number of ether oxygens (including phenoxy) is 2. The van der Waals surface area contributed by atoms with Gasteiger partial charge in [0.15, 0.2) is 5.82 Å². The third-order valence-corrected chi connectivity index (χ3v) is 5.65. The maximum absolute atomic E-state index is 12.3. The van der Waals surface area contributed by atoms with Gasteiger partial charge in [0.2, 0.25) is 0 Å². The number of hydrogen-bond donors (Lipinski definition) is 4. The Morgan fingerprint density at radius 3 is 2.77 bits per heavy atom. The Labute approximate surface area is 178 Å². The number of hydrogen-bond acceptors (Lipinski definition) is 9. The van der Waals surface area contributed by atoms with E-state index < -0.39 is 35.9 Å². The summed E-state index contributed by atoms with van der Waals surface area (Å²) in [7, 11) is 0. The molecule has 0 bridgehead atoms. The van der Waals surface area contributed by atoms with E-state index >= 15 is 0 Å². The summed E-state index contributed by atoms with van der Waals surface area (Å²) in [5.41, 5.74) is 12.4. The Morgan fingerprint density at radius 2 is 2.03 bits per heavy atom. The minimum Gasteiger partial charge on any atom is -0.462 e. The van der Waals surface area contributed by atoms with Crippen molar-refractivity contribution in [3.63, 3.8) is 0 Å². The maximum Gasteiger partial charge on any atom is 0.323 e. The summed E-state index contributed by atoms with van der Waals surface area (Å²) in [5.74, 6) is -0.341. The van der Waals surface area contributed by atoms with Crippen molar-refractivity contribution in [2.45, 2.75) is 43.3 Å². The number of anilines is 1. The van der Waals surface area contributed by atoms with E-state index in [0.29, 0.717) is 17.6 Å². The van der Waals surface area contributed by atoms with Crippen LogP contribution in [0.4, 0.5) is 5.82 Å². The Morgan fingerprint density at radius 1 is 1.29 bits per heavy atom. The SMILES string of the molecule is C[C@@]1(c2ccc3c(N)ncnn23)O[C@H](COC(=O)[C@@H](N)Cc2ccccc2)[C@@H](O)[C@H]1O. The van der Waals surface area contributed by atoms with Gasteiger partial charge in [-0.1, -0.05) is 30.3 Å². The first-order valence-corrected chi connectivity index (χ1v) is 9.90. The average molecular weight is 427 g/mol. The second-order valence-corrected chi connectivity index (χ2v) is 7.79. The number of carbonyl (C=O) groups excluding carboxylic acids is 1. The third-order valence-electron chi connectivity index (χ3n) is 5.65. The van der Waals surface area contributed by atoms with Crippen LogP contribution in [0.25, 0.3) is 5.52 Å². The number of nitrogen functional groups attached to an aromatic ring is 1. The summed E-state index contributed by atoms with van der Waals surface area (Å²) in [6.07, 6.45) is -1.90. The first kappa shape index (κ1) is 21.2. The lowest BCUT2D eigenvalue weighted by Gasteiger charge is -2.27. The lowest BCUT2D eigenvalue weighted by molar-refractivity contribution is -0.153. The van der Waals surface area contributed by atoms with Crippen LogP contribution < -0.4 is 11.5 Å². The van der Waals surface area contributed by atoms with Crippen molar-refractivity contribution in [1.29, 1.82) is 0 Å². The Hall–Kier alpha value is -3.05. The molecule has 3 heterocycles. The van der Waals surface area contributed by atoms with Gasteiger partial charge in [-0.25, -0.2) is 9.50 Å². The van der Waals surface area contributed by atoms with Crippen molar-refractivity contribution in [3.05, 3.63) is 60.0 Å². The van der Waals surface area contributed by atoms with Crippen molar-refractivity contribution < 1.29 is 24.5 Å². The second kappa shape index (κ2) is 8.23. The molecule has 2 aromatic heterocycles. The molecular weight excluding hydrogens is 402 g/mol. The van der Waals surface area contributed by atoms with Gasteiger partial charge in [0.1, 0.15) is 48.4 Å². The molecule has 10 heteroatoms. The highest BCUT2D eigenvalue weighted by Gasteiger charge is 2.54. The van der Waals surface area contributed by atoms with Crippen LogP contribution in [-0.2, 0) is 26.3 Å². The number of rotatable bonds is 6. The Kier molecular flexibility index (Phi) is 5.63. The van der Waals surface area contributed by atoms with Crippen LogP contribution in [0.15, 0.2) is 48.8 Å². The summed E-state index contributed by atoms with van der Waals surface area (Å²) in [6, 6.07) is 11.9. The number of nitrogens with zero attached hydrogens (tertiary/aromatic N) is 3. The van der Waals surface area contributed by atoms with Gasteiger partial charge in [-0.15, -0.1) is 0 Å². The van der Waals surface area contributed by atoms with Crippen LogP contribution in [0.1, 0.15) is 18.2 Å². The van der Waals surface area contributed by atoms with Gasteiger partial charge in [0.25, 0.3) is 0 Å². The van der Waals surface area contributed by atoms with Crippen molar-refractivity contribution in [3.8, 4) is 0 Å². The van der Waals surface area contributed by atoms with E-state index in [1.54, 1.807) is 19.1 Å². The largest absolute Gasteiger partial charge is 0.462 e. The van der Waals surface area contributed by atoms with Gasteiger partial charge in [-0.05, 0) is 31.0 Å². The van der Waals surface area contributed by atoms with Crippen molar-refractivity contribution >= 4 is 17.3 Å². The molecule has 164 valence electrons. The maximum atomic E-state index is 12.3. The zero-order valence-corrected chi connectivity index (χ0v) is 17.0. The minimum absolute atomic E-state index is 0.254. The normalized spacial score (nSPS) is 26.8. The molecule has 5 atom stereocenters. The summed E-state index contributed by atoms with van der Waals surface area (Å²) < 4.78 is 12.8. The molecule has 0 unspecified atom stereocenters. The molecule has 0 spiro atoms. The molecule has 1 saturated heterocycles. The molecule has 10 nitrogen and oxygen atoms in total. The van der Waals surface area contributed by atoms with E-state index in [1.165, 1.54) is 10.8 Å². The predicted octanol–water partition coefficient (Wildman–Crippen LogP) is -0.239. The Balaban J connectivity index is 1.45. The molecule has 1 fully saturated rings. The van der Waals surface area contributed by atoms with Crippen LogP contribution in [0.5, 0.6) is 0 Å². The number of benzene rings is 1. The summed E-state index contributed by atoms with van der Waals surface area (Å²) in [4.78, 5) is 16.3. The molecule has 0 amide bonds. The van der Waals surface area contributed by atoms with E-state index in [0.717, 1.165) is 5.56 Å². The quantitative estimate of drug-likeness (QED) is 0.390. The molecule has 0 radical (unpaired) electrons. The zero-order valence-electron chi connectivity index (χ0n) is 17.0. The molecule has 1 aromatic carbocycles. The van der Waals surface area contributed by atoms with Crippen LogP contribution in [0, 0.1) is 0 Å². The van der Waals surface area contributed by atoms with Crippen LogP contribution in [0.2, 0.25) is 0 Å². The summed E-state index contributed by atoms with van der Waals surface area (Å²) >= 11 is 0. The number of esters is 1. The van der Waals surface area contributed by atoms with Crippen molar-refractivity contribution in [2.24, 2.45) is 5.73 Å². The molecule has 0 saturated carbocycles. The van der Waals surface area contributed by atoms with E-state index in [9.17, 15) is 15.0 Å². The molecular formula is C21H25N5O5. The Bertz CT molecular complexity index is 1070. The van der Waals surface area contributed by atoms with E-state index in [2.05, 4.69) is 10.1 Å². The van der Waals surface area contributed by atoms with Crippen molar-refractivity contribution in [1.82, 2.24) is 14.6 Å². The lowest BCUT2D eigenvalue weighted by Crippen LogP contribution is -2.40. The molecule has 1 aliphatic rings. The highest BCUT2D eigenvalue weighted by Crippen LogP contribution is 2.40. The third kappa shape index (κ3) is 3.86. The predicted molar refractivity (Wildman–Crippen MR) is 111 cm³/mol. The highest BCUT2D eigenvalue weighted by atomic mass is 16.6. The molecule has 3 aromatic rings. The molecule has 31 heavy (non-hydrogen) atoms. The summed E-state index contributed by atoms with van der Waals surface area (Å²) in [5, 5.41) is 25.4. The number of aliphatic hydroxyl groups is 2. The lowest BCUT2D eigenvalue weighted by atomic mass is 9.93. The van der Waals surface area contributed by atoms with Gasteiger partial charge in [0.05, 0.1) is 5.69 Å². The molecule has 0 aliphatic carbocycles. The van der Waals surface area contributed by atoms with E-state index in [4.69, 9.17) is 20.9 Å². The van der Waals surface area contributed by atoms with Gasteiger partial charge >= 0.3 is 5.97 Å². The number of fused-ring (bicyclic) bond motifs is 1. The molecule has 4 rings (SSSR count). The van der Waals surface area contributed by atoms with Crippen molar-refractivity contribution in [2.75, 3.05) is 12.3 Å². The monoisotopic (exact) mass is 427 g/mol. The number of aromatic nitrogens is 3. The minimum atomic E-state index is -1.31. The summed E-state index contributed by atoms with van der Waals surface area (Å²) in [6.45, 7) is 1.37. The fraction of sp³-hybridized carbons (Fsp3) is 0.381. The van der Waals surface area contributed by atoms with Crippen LogP contribution >= 0.6 is 0 Å². The first-order chi connectivity index (χ1) is 14.8. The molecule has 1 aliphatic heterocycles. The zero-order chi connectivity index (χ0) is 22.2. The van der Waals surface area contributed by atoms with E-state index in [-0.39, 0.29) is 12.4 Å². The topological polar surface area (TPSA) is 158 Å². The number of aliphatic hydroxyl groups excluding tert-OH is 2. The van der Waals surface area contributed by atoms with Gasteiger partial charge in [-0.2, -0.15) is 5.10 Å². The van der Waals surface area contributed by atoms with Gasteiger partial charge < -0.3 is 31.2 Å². The van der Waals surface area contributed by atoms with Gasteiger partial charge in [0, 0.05) is 0 Å². The number of nitrogens with two attached hydrogens (primary N) is 2. The standard InChI is InChI=1S/C21H25N5O5/c1-21(16-8-7-14-19(23)24-11-25-26(14)16)18(28)17(27)15(31-21)10-30-20(29)13(22)9-12-5-3-2-4-6-12/h2-8,11,13,15,17-18,27-28H,9-10,22H2,1H3,(H2,23,24,25)/t13-,15+,17+,18+,21-/m0/s1. The highest BCUT2D eigenvalue weighted by molar-refractivity contribution is 5.76. The average Bonchev–Trinajstić information content (AvgIpc) is 3.30.